The Balaban J connectivity index is 2.33. The summed E-state index contributed by atoms with van der Waals surface area (Å²) in [6.45, 7) is 2.48. The molecule has 2 N–H and O–H groups in total. The number of nitrogens with two attached hydrogens (primary N) is 1. The monoisotopic (exact) mass is 303 g/mol. The number of anilines is 1. The van der Waals surface area contributed by atoms with Crippen LogP contribution in [0.2, 0.25) is 5.15 Å². The largest absolute Gasteiger partial charge is 0.381 e. The average molecular weight is 305 g/mol. The van der Waals surface area contributed by atoms with E-state index >= 15 is 0 Å². The third-order valence-electron chi connectivity index (χ3n) is 2.33. The first-order valence-electron chi connectivity index (χ1n) is 4.65. The summed E-state index contributed by atoms with van der Waals surface area (Å²) in [5, 5.41) is 9.01. The molecule has 5 nitrogen and oxygen atoms in total. The normalized spacial score (nSPS) is 11.0. The van der Waals surface area contributed by atoms with Crippen LogP contribution in [0.1, 0.15) is 11.3 Å². The summed E-state index contributed by atoms with van der Waals surface area (Å²) in [5.74, 6) is 0.470. The van der Waals surface area contributed by atoms with Crippen molar-refractivity contribution in [1.82, 2.24) is 19.6 Å². The first kappa shape index (κ1) is 11.5. The average Bonchev–Trinajstić information content (AvgIpc) is 2.63. The van der Waals surface area contributed by atoms with Gasteiger partial charge in [-0.3, -0.25) is 9.36 Å². The summed E-state index contributed by atoms with van der Waals surface area (Å²) in [5.41, 5.74) is 7.50. The van der Waals surface area contributed by atoms with E-state index < -0.39 is 0 Å². The predicted molar refractivity (Wildman–Crippen MR) is 66.4 cm³/mol. The van der Waals surface area contributed by atoms with Gasteiger partial charge in [0.1, 0.15) is 5.15 Å². The Morgan fingerprint density at radius 1 is 1.50 bits per heavy atom. The van der Waals surface area contributed by atoms with Crippen LogP contribution in [0.4, 0.5) is 5.82 Å². The topological polar surface area (TPSA) is 61.7 Å². The van der Waals surface area contributed by atoms with Gasteiger partial charge in [-0.1, -0.05) is 11.6 Å². The summed E-state index contributed by atoms with van der Waals surface area (Å²) >= 11 is 9.44. The fourth-order valence-electron chi connectivity index (χ4n) is 1.51. The highest BCUT2D eigenvalue weighted by atomic mass is 79.9. The third-order valence-corrected chi connectivity index (χ3v) is 3.42. The van der Waals surface area contributed by atoms with Crippen LogP contribution < -0.4 is 5.73 Å². The minimum absolute atomic E-state index is 0.470. The minimum atomic E-state index is 0.470. The number of rotatable bonds is 2. The summed E-state index contributed by atoms with van der Waals surface area (Å²) in [6, 6.07) is 0. The van der Waals surface area contributed by atoms with E-state index in [1.807, 2.05) is 20.2 Å². The second-order valence-corrected chi connectivity index (χ2v) is 4.75. The molecule has 0 aromatic carbocycles. The second-order valence-electron chi connectivity index (χ2n) is 3.54. The van der Waals surface area contributed by atoms with Crippen molar-refractivity contribution < 1.29 is 0 Å². The lowest BCUT2D eigenvalue weighted by Gasteiger charge is -2.00. The summed E-state index contributed by atoms with van der Waals surface area (Å²) in [4.78, 5) is 0. The highest BCUT2D eigenvalue weighted by Crippen LogP contribution is 2.22. The maximum absolute atomic E-state index is 6.13. The number of aryl methyl sites for hydroxylation is 2. The van der Waals surface area contributed by atoms with E-state index in [9.17, 15) is 0 Å². The molecule has 0 amide bonds. The minimum Gasteiger partial charge on any atom is -0.381 e. The zero-order valence-corrected chi connectivity index (χ0v) is 11.2. The molecule has 2 aromatic rings. The number of hydrogen-bond acceptors (Lipinski definition) is 3. The molecule has 0 saturated heterocycles. The SMILES string of the molecule is Cc1nn(C)c(Cl)c1Cn1cc(Br)c(N)n1. The zero-order valence-electron chi connectivity index (χ0n) is 8.91. The maximum Gasteiger partial charge on any atom is 0.159 e. The molecule has 0 aliphatic carbocycles. The Morgan fingerprint density at radius 2 is 2.19 bits per heavy atom. The fourth-order valence-corrected chi connectivity index (χ4v) is 2.06. The van der Waals surface area contributed by atoms with Crippen molar-refractivity contribution in [1.29, 1.82) is 0 Å². The van der Waals surface area contributed by atoms with Gasteiger partial charge in [0.05, 0.1) is 16.7 Å². The van der Waals surface area contributed by atoms with Gasteiger partial charge in [-0.15, -0.1) is 0 Å². The molecule has 0 saturated carbocycles. The molecule has 16 heavy (non-hydrogen) atoms. The lowest BCUT2D eigenvalue weighted by molar-refractivity contribution is 0.686. The highest BCUT2D eigenvalue weighted by molar-refractivity contribution is 9.10. The van der Waals surface area contributed by atoms with Gasteiger partial charge in [0.2, 0.25) is 0 Å². The molecule has 0 atom stereocenters. The molecule has 0 aliphatic rings. The van der Waals surface area contributed by atoms with Gasteiger partial charge in [-0.25, -0.2) is 0 Å². The van der Waals surface area contributed by atoms with Gasteiger partial charge in [0, 0.05) is 18.8 Å². The Bertz CT molecular complexity index is 511. The predicted octanol–water partition coefficient (Wildman–Crippen LogP) is 1.97. The Labute approximate surface area is 106 Å². The van der Waals surface area contributed by atoms with Crippen LogP contribution in [0.15, 0.2) is 10.7 Å². The quantitative estimate of drug-likeness (QED) is 0.922. The van der Waals surface area contributed by atoms with Crippen LogP contribution in [0, 0.1) is 6.92 Å². The van der Waals surface area contributed by atoms with Crippen LogP contribution in [0.25, 0.3) is 0 Å². The number of halogens is 2. The van der Waals surface area contributed by atoms with Crippen molar-refractivity contribution in [3.8, 4) is 0 Å². The molecule has 0 radical (unpaired) electrons. The molecule has 0 fully saturated rings. The molecule has 2 aromatic heterocycles. The van der Waals surface area contributed by atoms with Crippen molar-refractivity contribution in [2.24, 2.45) is 7.05 Å². The zero-order chi connectivity index (χ0) is 11.9. The fraction of sp³-hybridized carbons (Fsp3) is 0.333. The van der Waals surface area contributed by atoms with E-state index in [-0.39, 0.29) is 0 Å². The summed E-state index contributed by atoms with van der Waals surface area (Å²) in [6.07, 6.45) is 1.82. The second kappa shape index (κ2) is 4.10. The Kier molecular flexibility index (Phi) is 2.94. The van der Waals surface area contributed by atoms with Crippen LogP contribution in [-0.2, 0) is 13.6 Å². The molecule has 0 aliphatic heterocycles. The maximum atomic E-state index is 6.13. The Hall–Kier alpha value is -1.01. The van der Waals surface area contributed by atoms with E-state index in [0.29, 0.717) is 17.5 Å². The van der Waals surface area contributed by atoms with E-state index in [1.54, 1.807) is 9.36 Å². The van der Waals surface area contributed by atoms with Crippen molar-refractivity contribution >= 4 is 33.3 Å². The van der Waals surface area contributed by atoms with Gasteiger partial charge in [-0.05, 0) is 22.9 Å². The number of aromatic nitrogens is 4. The lowest BCUT2D eigenvalue weighted by Crippen LogP contribution is -2.02. The third kappa shape index (κ3) is 1.94. The van der Waals surface area contributed by atoms with Crippen molar-refractivity contribution in [2.45, 2.75) is 13.5 Å². The number of hydrogen-bond donors (Lipinski definition) is 1. The van der Waals surface area contributed by atoms with Gasteiger partial charge in [0.25, 0.3) is 0 Å². The van der Waals surface area contributed by atoms with E-state index in [0.717, 1.165) is 15.7 Å². The molecule has 86 valence electrons. The van der Waals surface area contributed by atoms with E-state index in [2.05, 4.69) is 26.1 Å². The van der Waals surface area contributed by atoms with Crippen LogP contribution in [0.5, 0.6) is 0 Å². The first-order valence-corrected chi connectivity index (χ1v) is 5.82. The van der Waals surface area contributed by atoms with Crippen LogP contribution in [0.3, 0.4) is 0 Å². The molecule has 0 spiro atoms. The Morgan fingerprint density at radius 3 is 2.62 bits per heavy atom. The molecule has 2 heterocycles. The van der Waals surface area contributed by atoms with E-state index in [4.69, 9.17) is 17.3 Å². The highest BCUT2D eigenvalue weighted by Gasteiger charge is 2.12. The molecule has 0 unspecified atom stereocenters. The molecular weight excluding hydrogens is 293 g/mol. The van der Waals surface area contributed by atoms with Crippen molar-refractivity contribution in [3.05, 3.63) is 27.1 Å². The smallest absolute Gasteiger partial charge is 0.159 e. The number of nitrogens with zero attached hydrogens (tertiary/aromatic N) is 4. The van der Waals surface area contributed by atoms with E-state index in [1.165, 1.54) is 0 Å². The van der Waals surface area contributed by atoms with Gasteiger partial charge in [-0.2, -0.15) is 10.2 Å². The van der Waals surface area contributed by atoms with Gasteiger partial charge in [0.15, 0.2) is 5.82 Å². The molecule has 0 bridgehead atoms. The molecule has 2 rings (SSSR count). The summed E-state index contributed by atoms with van der Waals surface area (Å²) in [7, 11) is 1.81. The first-order chi connectivity index (χ1) is 7.49. The summed E-state index contributed by atoms with van der Waals surface area (Å²) < 4.78 is 4.16. The molecular formula is C9H11BrClN5. The van der Waals surface area contributed by atoms with Gasteiger partial charge >= 0.3 is 0 Å². The van der Waals surface area contributed by atoms with Gasteiger partial charge < -0.3 is 5.73 Å². The number of nitrogen functional groups attached to an aromatic ring is 1. The lowest BCUT2D eigenvalue weighted by atomic mass is 10.3. The van der Waals surface area contributed by atoms with Crippen molar-refractivity contribution in [3.63, 3.8) is 0 Å². The van der Waals surface area contributed by atoms with Crippen LogP contribution in [-0.4, -0.2) is 19.6 Å². The molecule has 7 heteroatoms. The standard InChI is InChI=1S/C9H11BrClN5/c1-5-6(8(11)15(2)13-5)3-16-4-7(10)9(12)14-16/h4H,3H2,1-2H3,(H2,12,14). The van der Waals surface area contributed by atoms with Crippen LogP contribution >= 0.6 is 27.5 Å². The van der Waals surface area contributed by atoms with Crippen molar-refractivity contribution in [2.75, 3.05) is 5.73 Å².